The number of anilines is 1. The van der Waals surface area contributed by atoms with Gasteiger partial charge in [-0.3, -0.25) is 0 Å². The molecule has 0 unspecified atom stereocenters. The van der Waals surface area contributed by atoms with Gasteiger partial charge in [-0.05, 0) is 36.2 Å². The van der Waals surface area contributed by atoms with Crippen molar-refractivity contribution in [3.63, 3.8) is 0 Å². The van der Waals surface area contributed by atoms with Crippen molar-refractivity contribution in [3.05, 3.63) is 59.7 Å². The van der Waals surface area contributed by atoms with E-state index < -0.39 is 0 Å². The first-order valence-electron chi connectivity index (χ1n) is 7.56. The molecule has 3 heteroatoms. The van der Waals surface area contributed by atoms with Crippen LogP contribution in [-0.2, 0) is 6.61 Å². The Hall–Kier alpha value is -2.00. The molecule has 110 valence electrons. The van der Waals surface area contributed by atoms with Gasteiger partial charge in [0.15, 0.2) is 0 Å². The highest BCUT2D eigenvalue weighted by Gasteiger charge is 2.12. The molecule has 3 nitrogen and oxygen atoms in total. The highest BCUT2D eigenvalue weighted by molar-refractivity contribution is 5.56. The van der Waals surface area contributed by atoms with Gasteiger partial charge >= 0.3 is 0 Å². The van der Waals surface area contributed by atoms with Gasteiger partial charge in [-0.2, -0.15) is 0 Å². The Balaban J connectivity index is 1.66. The Morgan fingerprint density at radius 2 is 1.81 bits per heavy atom. The van der Waals surface area contributed by atoms with Gasteiger partial charge in [0.05, 0.1) is 0 Å². The molecule has 0 amide bonds. The van der Waals surface area contributed by atoms with E-state index in [1.807, 2.05) is 18.2 Å². The van der Waals surface area contributed by atoms with Gasteiger partial charge in [-0.25, -0.2) is 0 Å². The van der Waals surface area contributed by atoms with Crippen molar-refractivity contribution >= 4 is 5.69 Å². The van der Waals surface area contributed by atoms with Crippen molar-refractivity contribution in [1.82, 2.24) is 5.32 Å². The monoisotopic (exact) mass is 282 g/mol. The van der Waals surface area contributed by atoms with E-state index in [1.165, 1.54) is 16.8 Å². The molecule has 0 radical (unpaired) electrons. The van der Waals surface area contributed by atoms with E-state index in [-0.39, 0.29) is 0 Å². The molecule has 0 spiro atoms. The number of rotatable bonds is 4. The predicted octanol–water partition coefficient (Wildman–Crippen LogP) is 2.98. The van der Waals surface area contributed by atoms with E-state index in [4.69, 9.17) is 4.74 Å². The van der Waals surface area contributed by atoms with Crippen LogP contribution in [0.2, 0.25) is 0 Å². The fraction of sp³-hybridized carbons (Fsp3) is 0.333. The fourth-order valence-electron chi connectivity index (χ4n) is 2.72. The maximum atomic E-state index is 5.88. The van der Waals surface area contributed by atoms with Crippen LogP contribution in [0.15, 0.2) is 48.5 Å². The zero-order chi connectivity index (χ0) is 14.5. The second kappa shape index (κ2) is 6.64. The molecule has 2 aromatic rings. The van der Waals surface area contributed by atoms with E-state index in [0.717, 1.165) is 31.9 Å². The third kappa shape index (κ3) is 3.56. The summed E-state index contributed by atoms with van der Waals surface area (Å²) >= 11 is 0. The van der Waals surface area contributed by atoms with Crippen LogP contribution in [0.5, 0.6) is 5.75 Å². The van der Waals surface area contributed by atoms with Crippen molar-refractivity contribution in [3.8, 4) is 5.75 Å². The minimum Gasteiger partial charge on any atom is -0.489 e. The molecule has 0 aliphatic carbocycles. The Morgan fingerprint density at radius 1 is 1.05 bits per heavy atom. The molecule has 3 rings (SSSR count). The molecule has 1 saturated heterocycles. The van der Waals surface area contributed by atoms with Crippen LogP contribution in [0.25, 0.3) is 0 Å². The molecule has 1 fully saturated rings. The van der Waals surface area contributed by atoms with Gasteiger partial charge < -0.3 is 15.0 Å². The molecule has 21 heavy (non-hydrogen) atoms. The number of nitrogens with zero attached hydrogens (tertiary/aromatic N) is 1. The lowest BCUT2D eigenvalue weighted by Crippen LogP contribution is -2.43. The van der Waals surface area contributed by atoms with Gasteiger partial charge in [0.25, 0.3) is 0 Å². The summed E-state index contributed by atoms with van der Waals surface area (Å²) in [4.78, 5) is 2.44. The molecule has 0 atom stereocenters. The Labute approximate surface area is 126 Å². The third-order valence-corrected chi connectivity index (χ3v) is 3.87. The molecule has 1 aliphatic rings. The van der Waals surface area contributed by atoms with Crippen LogP contribution in [-0.4, -0.2) is 26.2 Å². The quantitative estimate of drug-likeness (QED) is 0.933. The number of nitrogens with one attached hydrogen (secondary N) is 1. The van der Waals surface area contributed by atoms with Crippen LogP contribution >= 0.6 is 0 Å². The summed E-state index contributed by atoms with van der Waals surface area (Å²) in [6.07, 6.45) is 0. The maximum absolute atomic E-state index is 5.88. The van der Waals surface area contributed by atoms with Crippen molar-refractivity contribution in [1.29, 1.82) is 0 Å². The highest BCUT2D eigenvalue weighted by atomic mass is 16.5. The first-order valence-corrected chi connectivity index (χ1v) is 7.56. The normalized spacial score (nSPS) is 15.0. The fourth-order valence-corrected chi connectivity index (χ4v) is 2.72. The molecule has 1 aliphatic heterocycles. The smallest absolute Gasteiger partial charge is 0.120 e. The largest absolute Gasteiger partial charge is 0.489 e. The predicted molar refractivity (Wildman–Crippen MR) is 87.0 cm³/mol. The van der Waals surface area contributed by atoms with Gasteiger partial charge in [-0.1, -0.05) is 30.3 Å². The minimum atomic E-state index is 0.618. The molecule has 1 heterocycles. The van der Waals surface area contributed by atoms with E-state index in [2.05, 4.69) is 47.5 Å². The summed E-state index contributed by atoms with van der Waals surface area (Å²) in [6.45, 7) is 7.05. The summed E-state index contributed by atoms with van der Waals surface area (Å²) in [5, 5.41) is 3.39. The van der Waals surface area contributed by atoms with Crippen LogP contribution in [0.1, 0.15) is 11.1 Å². The Morgan fingerprint density at radius 3 is 2.52 bits per heavy atom. The summed E-state index contributed by atoms with van der Waals surface area (Å²) in [7, 11) is 0. The summed E-state index contributed by atoms with van der Waals surface area (Å²) in [6, 6.07) is 16.7. The van der Waals surface area contributed by atoms with Gasteiger partial charge in [0.1, 0.15) is 12.4 Å². The average Bonchev–Trinajstić information content (AvgIpc) is 2.55. The molecule has 2 aromatic carbocycles. The third-order valence-electron chi connectivity index (χ3n) is 3.87. The van der Waals surface area contributed by atoms with Crippen molar-refractivity contribution in [2.75, 3.05) is 31.1 Å². The number of piperazine rings is 1. The molecular formula is C18H22N2O. The lowest BCUT2D eigenvalue weighted by atomic mass is 10.1. The Kier molecular flexibility index (Phi) is 4.41. The van der Waals surface area contributed by atoms with E-state index in [0.29, 0.717) is 6.61 Å². The number of hydrogen-bond acceptors (Lipinski definition) is 3. The van der Waals surface area contributed by atoms with E-state index in [1.54, 1.807) is 0 Å². The zero-order valence-corrected chi connectivity index (χ0v) is 12.5. The first kappa shape index (κ1) is 14.0. The molecule has 0 saturated carbocycles. The Bertz CT molecular complexity index is 577. The van der Waals surface area contributed by atoms with Crippen molar-refractivity contribution < 1.29 is 4.74 Å². The van der Waals surface area contributed by atoms with Crippen LogP contribution in [0.4, 0.5) is 5.69 Å². The van der Waals surface area contributed by atoms with Crippen LogP contribution < -0.4 is 15.0 Å². The topological polar surface area (TPSA) is 24.5 Å². The van der Waals surface area contributed by atoms with Gasteiger partial charge in [0, 0.05) is 31.9 Å². The average molecular weight is 282 g/mol. The molecule has 1 N–H and O–H groups in total. The standard InChI is InChI=1S/C18H22N2O/c1-15-13-17(21-14-16-5-3-2-4-6-16)7-8-18(15)20-11-9-19-10-12-20/h2-8,13,19H,9-12,14H2,1H3. The van der Waals surface area contributed by atoms with E-state index >= 15 is 0 Å². The number of hydrogen-bond donors (Lipinski definition) is 1. The minimum absolute atomic E-state index is 0.618. The summed E-state index contributed by atoms with van der Waals surface area (Å²) in [5.74, 6) is 0.940. The number of benzene rings is 2. The first-order chi connectivity index (χ1) is 10.3. The molecule has 0 aromatic heterocycles. The summed E-state index contributed by atoms with van der Waals surface area (Å²) < 4.78 is 5.88. The second-order valence-corrected chi connectivity index (χ2v) is 5.46. The van der Waals surface area contributed by atoms with Crippen molar-refractivity contribution in [2.24, 2.45) is 0 Å². The lowest BCUT2D eigenvalue weighted by Gasteiger charge is -2.30. The SMILES string of the molecule is Cc1cc(OCc2ccccc2)ccc1N1CCNCC1. The van der Waals surface area contributed by atoms with Gasteiger partial charge in [-0.15, -0.1) is 0 Å². The van der Waals surface area contributed by atoms with Gasteiger partial charge in [0.2, 0.25) is 0 Å². The summed E-state index contributed by atoms with van der Waals surface area (Å²) in [5.41, 5.74) is 3.80. The zero-order valence-electron chi connectivity index (χ0n) is 12.5. The van der Waals surface area contributed by atoms with Crippen molar-refractivity contribution in [2.45, 2.75) is 13.5 Å². The second-order valence-electron chi connectivity index (χ2n) is 5.46. The lowest BCUT2D eigenvalue weighted by molar-refractivity contribution is 0.306. The molecule has 0 bridgehead atoms. The number of aryl methyl sites for hydroxylation is 1. The molecular weight excluding hydrogens is 260 g/mol. The van der Waals surface area contributed by atoms with Crippen LogP contribution in [0, 0.1) is 6.92 Å². The maximum Gasteiger partial charge on any atom is 0.120 e. The number of ether oxygens (including phenoxy) is 1. The van der Waals surface area contributed by atoms with E-state index in [9.17, 15) is 0 Å². The van der Waals surface area contributed by atoms with Crippen LogP contribution in [0.3, 0.4) is 0 Å². The highest BCUT2D eigenvalue weighted by Crippen LogP contribution is 2.25.